The van der Waals surface area contributed by atoms with E-state index in [-0.39, 0.29) is 16.3 Å². The number of benzene rings is 2. The first-order chi connectivity index (χ1) is 9.51. The third kappa shape index (κ3) is 3.00. The van der Waals surface area contributed by atoms with Gasteiger partial charge < -0.3 is 15.8 Å². The summed E-state index contributed by atoms with van der Waals surface area (Å²) in [6.07, 6.45) is 0. The number of hydrogen-bond donors (Lipinski definition) is 2. The molecule has 0 aromatic heterocycles. The van der Waals surface area contributed by atoms with Gasteiger partial charge in [-0.05, 0) is 30.3 Å². The third-order valence-corrected chi connectivity index (χ3v) is 3.01. The SMILES string of the molecule is COc1ccc(F)c(NC(=O)c2ccc(N)c(Cl)c2)c1. The number of nitrogens with one attached hydrogen (secondary N) is 1. The Labute approximate surface area is 120 Å². The number of anilines is 2. The van der Waals surface area contributed by atoms with E-state index in [0.29, 0.717) is 11.4 Å². The van der Waals surface area contributed by atoms with Crippen LogP contribution in [-0.4, -0.2) is 13.0 Å². The molecule has 0 aliphatic heterocycles. The maximum atomic E-state index is 13.6. The van der Waals surface area contributed by atoms with E-state index in [9.17, 15) is 9.18 Å². The fourth-order valence-electron chi connectivity index (χ4n) is 1.59. The summed E-state index contributed by atoms with van der Waals surface area (Å²) in [6, 6.07) is 8.51. The second kappa shape index (κ2) is 5.79. The van der Waals surface area contributed by atoms with Gasteiger partial charge >= 0.3 is 0 Å². The maximum absolute atomic E-state index is 13.6. The summed E-state index contributed by atoms with van der Waals surface area (Å²) in [7, 11) is 1.46. The van der Waals surface area contributed by atoms with Crippen LogP contribution in [0, 0.1) is 5.82 Å². The van der Waals surface area contributed by atoms with Crippen LogP contribution >= 0.6 is 11.6 Å². The summed E-state index contributed by atoms with van der Waals surface area (Å²) >= 11 is 5.84. The molecule has 0 atom stereocenters. The van der Waals surface area contributed by atoms with Crippen molar-refractivity contribution in [3.8, 4) is 5.75 Å². The Morgan fingerprint density at radius 2 is 2.05 bits per heavy atom. The monoisotopic (exact) mass is 294 g/mol. The minimum atomic E-state index is -0.555. The fourth-order valence-corrected chi connectivity index (χ4v) is 1.77. The van der Waals surface area contributed by atoms with E-state index in [4.69, 9.17) is 22.1 Å². The molecule has 4 nitrogen and oxygen atoms in total. The van der Waals surface area contributed by atoms with Crippen LogP contribution in [-0.2, 0) is 0 Å². The smallest absolute Gasteiger partial charge is 0.255 e. The average Bonchev–Trinajstić information content (AvgIpc) is 2.44. The van der Waals surface area contributed by atoms with E-state index in [1.807, 2.05) is 0 Å². The third-order valence-electron chi connectivity index (χ3n) is 2.68. The van der Waals surface area contributed by atoms with Crippen molar-refractivity contribution in [2.75, 3.05) is 18.2 Å². The molecular weight excluding hydrogens is 283 g/mol. The molecule has 0 spiro atoms. The number of rotatable bonds is 3. The Kier molecular flexibility index (Phi) is 4.10. The molecule has 104 valence electrons. The highest BCUT2D eigenvalue weighted by Gasteiger charge is 2.11. The van der Waals surface area contributed by atoms with Crippen LogP contribution in [0.25, 0.3) is 0 Å². The van der Waals surface area contributed by atoms with Crippen LogP contribution in [0.3, 0.4) is 0 Å². The first-order valence-electron chi connectivity index (χ1n) is 5.71. The molecular formula is C14H12ClFN2O2. The Hall–Kier alpha value is -2.27. The van der Waals surface area contributed by atoms with Crippen molar-refractivity contribution in [3.05, 3.63) is 52.8 Å². The fraction of sp³-hybridized carbons (Fsp3) is 0.0714. The summed E-state index contributed by atoms with van der Waals surface area (Å²) in [5, 5.41) is 2.72. The van der Waals surface area contributed by atoms with Crippen molar-refractivity contribution in [3.63, 3.8) is 0 Å². The molecule has 0 fully saturated rings. The van der Waals surface area contributed by atoms with E-state index < -0.39 is 11.7 Å². The number of amides is 1. The van der Waals surface area contributed by atoms with Gasteiger partial charge in [-0.3, -0.25) is 4.79 Å². The lowest BCUT2D eigenvalue weighted by Gasteiger charge is -2.09. The number of nitrogen functional groups attached to an aromatic ring is 1. The molecule has 2 aromatic rings. The number of halogens is 2. The number of ether oxygens (including phenoxy) is 1. The predicted octanol–water partition coefficient (Wildman–Crippen LogP) is 3.32. The molecule has 0 saturated heterocycles. The molecule has 0 aliphatic carbocycles. The highest BCUT2D eigenvalue weighted by atomic mass is 35.5. The van der Waals surface area contributed by atoms with Crippen LogP contribution in [0.1, 0.15) is 10.4 Å². The predicted molar refractivity (Wildman–Crippen MR) is 76.8 cm³/mol. The zero-order chi connectivity index (χ0) is 14.7. The second-order valence-corrected chi connectivity index (χ2v) is 4.44. The molecule has 3 N–H and O–H groups in total. The van der Waals surface area contributed by atoms with Crippen LogP contribution in [0.4, 0.5) is 15.8 Å². The van der Waals surface area contributed by atoms with Gasteiger partial charge in [0.15, 0.2) is 0 Å². The van der Waals surface area contributed by atoms with Crippen molar-refractivity contribution in [2.24, 2.45) is 0 Å². The van der Waals surface area contributed by atoms with Gasteiger partial charge in [-0.25, -0.2) is 4.39 Å². The Morgan fingerprint density at radius 3 is 2.70 bits per heavy atom. The number of carbonyl (C=O) groups is 1. The van der Waals surface area contributed by atoms with Gasteiger partial charge in [0.1, 0.15) is 11.6 Å². The topological polar surface area (TPSA) is 64.3 Å². The van der Waals surface area contributed by atoms with Crippen molar-refractivity contribution in [1.29, 1.82) is 0 Å². The normalized spacial score (nSPS) is 10.2. The first kappa shape index (κ1) is 14.1. The lowest BCUT2D eigenvalue weighted by molar-refractivity contribution is 0.102. The quantitative estimate of drug-likeness (QED) is 0.854. The van der Waals surface area contributed by atoms with E-state index in [0.717, 1.165) is 0 Å². The molecule has 0 saturated carbocycles. The van der Waals surface area contributed by atoms with E-state index in [2.05, 4.69) is 5.32 Å². The molecule has 0 unspecified atom stereocenters. The molecule has 6 heteroatoms. The summed E-state index contributed by atoms with van der Waals surface area (Å²) in [4.78, 5) is 12.0. The van der Waals surface area contributed by atoms with Crippen LogP contribution in [0.2, 0.25) is 5.02 Å². The minimum Gasteiger partial charge on any atom is -0.497 e. The van der Waals surface area contributed by atoms with Crippen molar-refractivity contribution < 1.29 is 13.9 Å². The number of nitrogens with two attached hydrogens (primary N) is 1. The van der Waals surface area contributed by atoms with Gasteiger partial charge in [0, 0.05) is 11.6 Å². The van der Waals surface area contributed by atoms with Crippen LogP contribution in [0.15, 0.2) is 36.4 Å². The van der Waals surface area contributed by atoms with E-state index in [1.165, 1.54) is 43.5 Å². The molecule has 20 heavy (non-hydrogen) atoms. The van der Waals surface area contributed by atoms with Gasteiger partial charge in [0.05, 0.1) is 23.5 Å². The summed E-state index contributed by atoms with van der Waals surface area (Å²) in [5.74, 6) is -0.600. The van der Waals surface area contributed by atoms with Crippen LogP contribution in [0.5, 0.6) is 5.75 Å². The Morgan fingerprint density at radius 1 is 1.30 bits per heavy atom. The average molecular weight is 295 g/mol. The lowest BCUT2D eigenvalue weighted by atomic mass is 10.2. The molecule has 0 heterocycles. The Balaban J connectivity index is 2.25. The van der Waals surface area contributed by atoms with Gasteiger partial charge in [-0.1, -0.05) is 11.6 Å². The molecule has 2 aromatic carbocycles. The van der Waals surface area contributed by atoms with Crippen molar-refractivity contribution >= 4 is 28.9 Å². The largest absolute Gasteiger partial charge is 0.497 e. The molecule has 0 bridgehead atoms. The lowest BCUT2D eigenvalue weighted by Crippen LogP contribution is -2.13. The molecule has 0 radical (unpaired) electrons. The maximum Gasteiger partial charge on any atom is 0.255 e. The van der Waals surface area contributed by atoms with Crippen LogP contribution < -0.4 is 15.8 Å². The molecule has 2 rings (SSSR count). The van der Waals surface area contributed by atoms with Crippen molar-refractivity contribution in [1.82, 2.24) is 0 Å². The van der Waals surface area contributed by atoms with Gasteiger partial charge in [-0.2, -0.15) is 0 Å². The van der Waals surface area contributed by atoms with Gasteiger partial charge in [-0.15, -0.1) is 0 Å². The number of methoxy groups -OCH3 is 1. The van der Waals surface area contributed by atoms with Gasteiger partial charge in [0.25, 0.3) is 5.91 Å². The number of hydrogen-bond acceptors (Lipinski definition) is 3. The van der Waals surface area contributed by atoms with Crippen molar-refractivity contribution in [2.45, 2.75) is 0 Å². The number of carbonyl (C=O) groups excluding carboxylic acids is 1. The molecule has 1 amide bonds. The standard InChI is InChI=1S/C14H12ClFN2O2/c1-20-9-3-4-11(16)13(7-9)18-14(19)8-2-5-12(17)10(15)6-8/h2-7H,17H2,1H3,(H,18,19). The van der Waals surface area contributed by atoms with E-state index >= 15 is 0 Å². The Bertz CT molecular complexity index is 662. The highest BCUT2D eigenvalue weighted by molar-refractivity contribution is 6.33. The second-order valence-electron chi connectivity index (χ2n) is 4.04. The highest BCUT2D eigenvalue weighted by Crippen LogP contribution is 2.23. The zero-order valence-corrected chi connectivity index (χ0v) is 11.4. The summed E-state index contributed by atoms with van der Waals surface area (Å²) < 4.78 is 18.6. The first-order valence-corrected chi connectivity index (χ1v) is 6.09. The summed E-state index contributed by atoms with van der Waals surface area (Å²) in [5.41, 5.74) is 6.25. The van der Waals surface area contributed by atoms with Gasteiger partial charge in [0.2, 0.25) is 0 Å². The zero-order valence-electron chi connectivity index (χ0n) is 10.6. The minimum absolute atomic E-state index is 0.0299. The molecule has 0 aliphatic rings. The summed E-state index contributed by atoms with van der Waals surface area (Å²) in [6.45, 7) is 0. The van der Waals surface area contributed by atoms with E-state index in [1.54, 1.807) is 0 Å².